The lowest BCUT2D eigenvalue weighted by atomic mass is 10.3. The van der Waals surface area contributed by atoms with Gasteiger partial charge < -0.3 is 54.0 Å². The lowest BCUT2D eigenvalue weighted by Gasteiger charge is -2.32. The molecule has 0 aromatic rings. The predicted octanol–water partition coefficient (Wildman–Crippen LogP) is 0.312. The number of aliphatic hydroxyl groups excluding tert-OH is 1. The lowest BCUT2D eigenvalue weighted by molar-refractivity contribution is -0.880. The minimum absolute atomic E-state index is 0. The third kappa shape index (κ3) is 55.9. The molecule has 1 rings (SSSR count). The average Bonchev–Trinajstić information content (AvgIpc) is 3.45. The molecule has 0 bridgehead atoms. The van der Waals surface area contributed by atoms with Crippen molar-refractivity contribution in [2.24, 2.45) is 0 Å². The van der Waals surface area contributed by atoms with Gasteiger partial charge in [0.25, 0.3) is 0 Å². The molecular weight excluding hydrogens is 494 g/mol. The van der Waals surface area contributed by atoms with Crippen LogP contribution in [-0.2, 0) is 18.9 Å². The number of hydrogen-bond donors (Lipinski definition) is 1. The molecule has 0 saturated carbocycles. The number of nitrogens with zero attached hydrogens (tertiary/aromatic N) is 3. The Morgan fingerprint density at radius 1 is 0.789 bits per heavy atom. The number of hydrogen-bond acceptors (Lipinski definition) is 8. The van der Waals surface area contributed by atoms with E-state index in [1.807, 2.05) is 88.7 Å². The number of aliphatic hydroxyl groups is 1. The van der Waals surface area contributed by atoms with Gasteiger partial charge in [-0.3, -0.25) is 0 Å². The maximum Gasteiger partial charge on any atom is 0.126 e. The van der Waals surface area contributed by atoms with Crippen molar-refractivity contribution in [1.82, 2.24) is 4.90 Å². The Morgan fingerprint density at radius 2 is 1.13 bits per heavy atom. The molecule has 1 heterocycles. The molecule has 0 radical (unpaired) electrons. The number of quaternary nitrogens is 2. The van der Waals surface area contributed by atoms with Crippen LogP contribution in [0.25, 0.3) is 0 Å². The maximum atomic E-state index is 11.3. The molecule has 1 aliphatic rings. The minimum Gasteiger partial charge on any atom is -0.870 e. The highest BCUT2D eigenvalue weighted by atomic mass is 16.6. The first-order valence-electron chi connectivity index (χ1n) is 13.2. The first-order chi connectivity index (χ1) is 16.1. The number of likely N-dealkylation sites (N-methyl/N-ethyl adjacent to an activating group) is 2. The van der Waals surface area contributed by atoms with E-state index in [9.17, 15) is 10.2 Å². The second kappa shape index (κ2) is 25.5. The van der Waals surface area contributed by atoms with Crippen molar-refractivity contribution in [3.8, 4) is 0 Å². The van der Waals surface area contributed by atoms with Gasteiger partial charge in [0.2, 0.25) is 0 Å². The van der Waals surface area contributed by atoms with Gasteiger partial charge in [0.15, 0.2) is 0 Å². The van der Waals surface area contributed by atoms with Crippen LogP contribution in [0.1, 0.15) is 41.5 Å². The summed E-state index contributed by atoms with van der Waals surface area (Å²) in [6, 6.07) is 0. The molecular formula is C27H67N3O8. The summed E-state index contributed by atoms with van der Waals surface area (Å²) in [7, 11) is 18.2. The SMILES string of the molecule is CC(C)OCC(O)C[N+](C)(C)C.CC(C)OCC([O-])C[N+](C)(C)C.CC(C)OCC1CO1.CN(C)C.O.[OH-]. The largest absolute Gasteiger partial charge is 0.870 e. The van der Waals surface area contributed by atoms with E-state index in [-0.39, 0.29) is 29.3 Å². The maximum absolute atomic E-state index is 11.3. The monoisotopic (exact) mass is 561 g/mol. The topological polar surface area (TPSA) is 148 Å². The van der Waals surface area contributed by atoms with E-state index < -0.39 is 6.10 Å². The molecule has 1 fully saturated rings. The van der Waals surface area contributed by atoms with Crippen LogP contribution in [0.4, 0.5) is 0 Å². The molecule has 0 aliphatic carbocycles. The Bertz CT molecular complexity index is 443. The molecule has 1 aliphatic heterocycles. The minimum atomic E-state index is -0.604. The van der Waals surface area contributed by atoms with Crippen molar-refractivity contribution < 1.29 is 49.1 Å². The van der Waals surface area contributed by atoms with Gasteiger partial charge in [-0.15, -0.1) is 0 Å². The van der Waals surface area contributed by atoms with E-state index in [4.69, 9.17) is 18.9 Å². The predicted molar refractivity (Wildman–Crippen MR) is 154 cm³/mol. The molecule has 11 heteroatoms. The summed E-state index contributed by atoms with van der Waals surface area (Å²) in [5.41, 5.74) is 0. The van der Waals surface area contributed by atoms with Gasteiger partial charge in [0, 0.05) is 6.61 Å². The molecule has 0 aromatic heterocycles. The van der Waals surface area contributed by atoms with Crippen molar-refractivity contribution in [3.05, 3.63) is 0 Å². The zero-order valence-corrected chi connectivity index (χ0v) is 27.5. The van der Waals surface area contributed by atoms with Crippen LogP contribution in [0.2, 0.25) is 0 Å². The van der Waals surface area contributed by atoms with E-state index in [1.54, 1.807) is 0 Å². The molecule has 4 N–H and O–H groups in total. The third-order valence-electron chi connectivity index (χ3n) is 3.77. The molecule has 38 heavy (non-hydrogen) atoms. The van der Waals surface area contributed by atoms with Gasteiger partial charge in [-0.2, -0.15) is 0 Å². The van der Waals surface area contributed by atoms with E-state index in [0.717, 1.165) is 24.2 Å². The highest BCUT2D eigenvalue weighted by molar-refractivity contribution is 4.67. The first-order valence-corrected chi connectivity index (χ1v) is 13.2. The number of ether oxygens (including phenoxy) is 4. The van der Waals surface area contributed by atoms with Crippen molar-refractivity contribution >= 4 is 0 Å². The lowest BCUT2D eigenvalue weighted by Crippen LogP contribution is -2.48. The Balaban J connectivity index is -0.000000132. The van der Waals surface area contributed by atoms with Gasteiger partial charge in [-0.05, 0) is 62.7 Å². The summed E-state index contributed by atoms with van der Waals surface area (Å²) < 4.78 is 22.2. The van der Waals surface area contributed by atoms with Crippen LogP contribution in [0, 0.1) is 0 Å². The fraction of sp³-hybridized carbons (Fsp3) is 1.00. The van der Waals surface area contributed by atoms with Gasteiger partial charge >= 0.3 is 0 Å². The van der Waals surface area contributed by atoms with Crippen molar-refractivity contribution in [1.29, 1.82) is 0 Å². The molecule has 3 unspecified atom stereocenters. The standard InChI is InChI=1S/C9H22NO2.C9H21NO2.C6H12O2.C3H9N.2H2O/c2*1-8(2)12-7-9(11)6-10(3,4)5;1-5(2)7-3-6-4-8-6;1-4(2)3;;/h8-9,11H,6-7H2,1-5H3;8-9H,6-7H2,1-5H3;5-6H,3-4H2,1-2H3;1-3H3;2*1H2/q+1;;;;;/p-1. The fourth-order valence-electron chi connectivity index (χ4n) is 2.42. The van der Waals surface area contributed by atoms with Crippen LogP contribution in [0.15, 0.2) is 0 Å². The molecule has 0 aromatic carbocycles. The first kappa shape index (κ1) is 47.4. The Labute approximate surface area is 235 Å². The van der Waals surface area contributed by atoms with Gasteiger partial charge in [0.1, 0.15) is 18.8 Å². The van der Waals surface area contributed by atoms with Crippen LogP contribution in [0.3, 0.4) is 0 Å². The molecule has 1 saturated heterocycles. The van der Waals surface area contributed by atoms with Crippen LogP contribution in [-0.4, -0.2) is 169 Å². The Morgan fingerprint density at radius 3 is 1.42 bits per heavy atom. The zero-order valence-electron chi connectivity index (χ0n) is 27.5. The highest BCUT2D eigenvalue weighted by Gasteiger charge is 2.22. The summed E-state index contributed by atoms with van der Waals surface area (Å²) in [5, 5.41) is 20.8. The van der Waals surface area contributed by atoms with E-state index in [2.05, 4.69) is 21.1 Å². The van der Waals surface area contributed by atoms with Crippen LogP contribution >= 0.6 is 0 Å². The second-order valence-corrected chi connectivity index (χ2v) is 12.7. The molecule has 0 amide bonds. The quantitative estimate of drug-likeness (QED) is 0.250. The molecule has 11 nitrogen and oxygen atoms in total. The van der Waals surface area contributed by atoms with Crippen molar-refractivity contribution in [2.75, 3.05) is 103 Å². The summed E-state index contributed by atoms with van der Waals surface area (Å²) in [6.07, 6.45) is 0.164. The van der Waals surface area contributed by atoms with E-state index in [0.29, 0.717) is 36.4 Å². The van der Waals surface area contributed by atoms with Gasteiger partial charge in [-0.25, -0.2) is 0 Å². The zero-order chi connectivity index (χ0) is 29.1. The fourth-order valence-corrected chi connectivity index (χ4v) is 2.42. The molecule has 3 atom stereocenters. The molecule has 0 spiro atoms. The van der Waals surface area contributed by atoms with Crippen LogP contribution < -0.4 is 5.11 Å². The number of epoxide rings is 1. The third-order valence-corrected chi connectivity index (χ3v) is 3.77. The smallest absolute Gasteiger partial charge is 0.126 e. The summed E-state index contributed by atoms with van der Waals surface area (Å²) in [4.78, 5) is 2.00. The van der Waals surface area contributed by atoms with Gasteiger partial charge in [0.05, 0.1) is 87.0 Å². The van der Waals surface area contributed by atoms with Crippen molar-refractivity contribution in [3.63, 3.8) is 0 Å². The summed E-state index contributed by atoms with van der Waals surface area (Å²) >= 11 is 0. The Hall–Kier alpha value is -0.440. The highest BCUT2D eigenvalue weighted by Crippen LogP contribution is 2.09. The average molecular weight is 562 g/mol. The van der Waals surface area contributed by atoms with Crippen LogP contribution in [0.5, 0.6) is 0 Å². The second-order valence-electron chi connectivity index (χ2n) is 12.7. The summed E-state index contributed by atoms with van der Waals surface area (Å²) in [6.45, 7) is 15.7. The molecule has 238 valence electrons. The van der Waals surface area contributed by atoms with Gasteiger partial charge in [-0.1, -0.05) is 6.10 Å². The normalized spacial score (nSPS) is 16.2. The number of rotatable bonds is 13. The van der Waals surface area contributed by atoms with E-state index >= 15 is 0 Å². The van der Waals surface area contributed by atoms with E-state index in [1.165, 1.54) is 0 Å². The Kier molecular flexibility index (Phi) is 31.8. The summed E-state index contributed by atoms with van der Waals surface area (Å²) in [5.74, 6) is 0. The van der Waals surface area contributed by atoms with Crippen molar-refractivity contribution in [2.45, 2.75) is 78.2 Å².